The lowest BCUT2D eigenvalue weighted by Crippen LogP contribution is -2.14. The van der Waals surface area contributed by atoms with Gasteiger partial charge in [-0.05, 0) is 25.1 Å². The Morgan fingerprint density at radius 1 is 1.17 bits per heavy atom. The van der Waals surface area contributed by atoms with Crippen molar-refractivity contribution in [2.24, 2.45) is 0 Å². The zero-order chi connectivity index (χ0) is 16.2. The number of anilines is 3. The van der Waals surface area contributed by atoms with Gasteiger partial charge in [0.05, 0.1) is 0 Å². The number of halogens is 1. The minimum Gasteiger partial charge on any atom is -0.360 e. The molecule has 0 fully saturated rings. The summed E-state index contributed by atoms with van der Waals surface area (Å²) in [4.78, 5) is 20.1. The molecule has 3 aromatic rings. The number of rotatable bonds is 4. The molecule has 116 valence electrons. The van der Waals surface area contributed by atoms with E-state index in [0.29, 0.717) is 23.1 Å². The fraction of sp³-hybridized carbons (Fsp3) is 0.0667. The average molecular weight is 313 g/mol. The SMILES string of the molecule is Cc1cc(Nc2cc(C(=O)Nc3cccc(F)c3)ncn2)no1. The largest absolute Gasteiger partial charge is 0.360 e. The molecule has 0 saturated heterocycles. The molecule has 3 rings (SSSR count). The molecule has 0 atom stereocenters. The van der Waals surface area contributed by atoms with Crippen LogP contribution in [0.5, 0.6) is 0 Å². The molecule has 2 aromatic heterocycles. The lowest BCUT2D eigenvalue weighted by molar-refractivity contribution is 0.102. The molecular weight excluding hydrogens is 301 g/mol. The maximum Gasteiger partial charge on any atom is 0.274 e. The molecule has 0 bridgehead atoms. The summed E-state index contributed by atoms with van der Waals surface area (Å²) in [5, 5.41) is 9.23. The van der Waals surface area contributed by atoms with Crippen LogP contribution in [-0.4, -0.2) is 21.0 Å². The molecule has 8 heteroatoms. The van der Waals surface area contributed by atoms with Crippen molar-refractivity contribution in [3.05, 3.63) is 60.0 Å². The van der Waals surface area contributed by atoms with Crippen LogP contribution in [0.3, 0.4) is 0 Å². The topological polar surface area (TPSA) is 92.9 Å². The number of carbonyl (C=O) groups excluding carboxylic acids is 1. The Kier molecular flexibility index (Phi) is 3.96. The number of benzene rings is 1. The third-order valence-corrected chi connectivity index (χ3v) is 2.87. The molecule has 1 amide bonds. The van der Waals surface area contributed by atoms with Gasteiger partial charge >= 0.3 is 0 Å². The van der Waals surface area contributed by atoms with Crippen molar-refractivity contribution in [2.75, 3.05) is 10.6 Å². The first-order valence-corrected chi connectivity index (χ1v) is 6.69. The number of hydrogen-bond acceptors (Lipinski definition) is 6. The zero-order valence-electron chi connectivity index (χ0n) is 12.1. The van der Waals surface area contributed by atoms with Crippen molar-refractivity contribution in [3.63, 3.8) is 0 Å². The van der Waals surface area contributed by atoms with Crippen LogP contribution in [0.4, 0.5) is 21.7 Å². The molecule has 0 aliphatic rings. The molecule has 0 saturated carbocycles. The maximum atomic E-state index is 13.1. The summed E-state index contributed by atoms with van der Waals surface area (Å²) in [7, 11) is 0. The first kappa shape index (κ1) is 14.6. The van der Waals surface area contributed by atoms with E-state index in [0.717, 1.165) is 0 Å². The van der Waals surface area contributed by atoms with E-state index in [2.05, 4.69) is 25.8 Å². The fourth-order valence-corrected chi connectivity index (χ4v) is 1.87. The summed E-state index contributed by atoms with van der Waals surface area (Å²) in [5.74, 6) is 0.590. The van der Waals surface area contributed by atoms with Gasteiger partial charge in [-0.1, -0.05) is 11.2 Å². The van der Waals surface area contributed by atoms with Crippen LogP contribution in [0.1, 0.15) is 16.2 Å². The Labute approximate surface area is 130 Å². The van der Waals surface area contributed by atoms with Crippen molar-refractivity contribution < 1.29 is 13.7 Å². The van der Waals surface area contributed by atoms with Gasteiger partial charge in [-0.25, -0.2) is 14.4 Å². The minimum absolute atomic E-state index is 0.131. The fourth-order valence-electron chi connectivity index (χ4n) is 1.87. The van der Waals surface area contributed by atoms with Gasteiger partial charge in [0.2, 0.25) is 0 Å². The Morgan fingerprint density at radius 2 is 2.04 bits per heavy atom. The quantitative estimate of drug-likeness (QED) is 0.769. The molecular formula is C15H12FN5O2. The minimum atomic E-state index is -0.475. The van der Waals surface area contributed by atoms with Crippen molar-refractivity contribution in [1.29, 1.82) is 0 Å². The monoisotopic (exact) mass is 313 g/mol. The predicted octanol–water partition coefficient (Wildman–Crippen LogP) is 2.91. The first-order valence-electron chi connectivity index (χ1n) is 6.69. The van der Waals surface area contributed by atoms with Gasteiger partial charge < -0.3 is 15.2 Å². The molecule has 0 unspecified atom stereocenters. The van der Waals surface area contributed by atoms with Crippen molar-refractivity contribution in [2.45, 2.75) is 6.92 Å². The van der Waals surface area contributed by atoms with Crippen LogP contribution in [0.25, 0.3) is 0 Å². The third-order valence-electron chi connectivity index (χ3n) is 2.87. The summed E-state index contributed by atoms with van der Waals surface area (Å²) in [5.41, 5.74) is 0.474. The van der Waals surface area contributed by atoms with E-state index in [4.69, 9.17) is 4.52 Å². The summed E-state index contributed by atoms with van der Waals surface area (Å²) < 4.78 is 18.1. The van der Waals surface area contributed by atoms with Crippen LogP contribution in [0.15, 0.2) is 47.2 Å². The molecule has 7 nitrogen and oxygen atoms in total. The molecule has 0 aliphatic carbocycles. The summed E-state index contributed by atoms with van der Waals surface area (Å²) in [6, 6.07) is 8.75. The van der Waals surface area contributed by atoms with E-state index in [9.17, 15) is 9.18 Å². The summed E-state index contributed by atoms with van der Waals surface area (Å²) in [6.07, 6.45) is 1.25. The van der Waals surface area contributed by atoms with E-state index >= 15 is 0 Å². The number of amides is 1. The highest BCUT2D eigenvalue weighted by atomic mass is 19.1. The average Bonchev–Trinajstić information content (AvgIpc) is 2.92. The van der Waals surface area contributed by atoms with Gasteiger partial charge in [-0.3, -0.25) is 4.79 Å². The second kappa shape index (κ2) is 6.22. The summed E-state index contributed by atoms with van der Waals surface area (Å²) >= 11 is 0. The normalized spacial score (nSPS) is 10.3. The molecule has 2 N–H and O–H groups in total. The Hall–Kier alpha value is -3.29. The molecule has 0 spiro atoms. The number of hydrogen-bond donors (Lipinski definition) is 2. The lowest BCUT2D eigenvalue weighted by atomic mass is 10.3. The maximum absolute atomic E-state index is 13.1. The van der Waals surface area contributed by atoms with Crippen LogP contribution >= 0.6 is 0 Å². The smallest absolute Gasteiger partial charge is 0.274 e. The van der Waals surface area contributed by atoms with Gasteiger partial charge in [-0.2, -0.15) is 0 Å². The number of carbonyl (C=O) groups is 1. The Balaban J connectivity index is 1.75. The standard InChI is InChI=1S/C15H12FN5O2/c1-9-5-14(21-23-9)20-13-7-12(17-8-18-13)15(22)19-11-4-2-3-10(16)6-11/h2-8H,1H3,(H,19,22)(H,17,18,20,21). The molecule has 2 heterocycles. The van der Waals surface area contributed by atoms with Gasteiger partial charge in [0.15, 0.2) is 5.82 Å². The van der Waals surface area contributed by atoms with E-state index in [1.54, 1.807) is 19.1 Å². The number of nitrogens with zero attached hydrogens (tertiary/aromatic N) is 3. The number of nitrogens with one attached hydrogen (secondary N) is 2. The van der Waals surface area contributed by atoms with Gasteiger partial charge in [0.25, 0.3) is 5.91 Å². The van der Waals surface area contributed by atoms with E-state index in [1.165, 1.54) is 30.6 Å². The van der Waals surface area contributed by atoms with Crippen LogP contribution in [0, 0.1) is 12.7 Å². The van der Waals surface area contributed by atoms with Gasteiger partial charge in [0, 0.05) is 17.8 Å². The number of aryl methyl sites for hydroxylation is 1. The Bertz CT molecular complexity index is 849. The van der Waals surface area contributed by atoms with Crippen molar-refractivity contribution in [3.8, 4) is 0 Å². The van der Waals surface area contributed by atoms with E-state index in [-0.39, 0.29) is 5.69 Å². The third kappa shape index (κ3) is 3.67. The van der Waals surface area contributed by atoms with Gasteiger partial charge in [-0.15, -0.1) is 0 Å². The first-order chi connectivity index (χ1) is 11.1. The predicted molar refractivity (Wildman–Crippen MR) is 80.9 cm³/mol. The Morgan fingerprint density at radius 3 is 2.78 bits per heavy atom. The zero-order valence-corrected chi connectivity index (χ0v) is 12.1. The molecule has 1 aromatic carbocycles. The van der Waals surface area contributed by atoms with Crippen LogP contribution in [-0.2, 0) is 0 Å². The van der Waals surface area contributed by atoms with E-state index in [1.807, 2.05) is 0 Å². The highest BCUT2D eigenvalue weighted by Crippen LogP contribution is 2.15. The highest BCUT2D eigenvalue weighted by Gasteiger charge is 2.10. The van der Waals surface area contributed by atoms with Crippen molar-refractivity contribution >= 4 is 23.2 Å². The second-order valence-corrected chi connectivity index (χ2v) is 4.70. The molecule has 0 aliphatic heterocycles. The molecule has 23 heavy (non-hydrogen) atoms. The molecule has 0 radical (unpaired) electrons. The highest BCUT2D eigenvalue weighted by molar-refractivity contribution is 6.03. The lowest BCUT2D eigenvalue weighted by Gasteiger charge is -2.06. The van der Waals surface area contributed by atoms with Crippen LogP contribution in [0.2, 0.25) is 0 Å². The summed E-state index contributed by atoms with van der Waals surface area (Å²) in [6.45, 7) is 1.76. The van der Waals surface area contributed by atoms with Gasteiger partial charge in [0.1, 0.15) is 29.4 Å². The van der Waals surface area contributed by atoms with Crippen LogP contribution < -0.4 is 10.6 Å². The van der Waals surface area contributed by atoms with E-state index < -0.39 is 11.7 Å². The van der Waals surface area contributed by atoms with Crippen molar-refractivity contribution in [1.82, 2.24) is 15.1 Å². The number of aromatic nitrogens is 3. The second-order valence-electron chi connectivity index (χ2n) is 4.70.